The van der Waals surface area contributed by atoms with Crippen molar-refractivity contribution >= 4 is 40.2 Å². The number of carbonyl (C=O) groups is 2. The Labute approximate surface area is 160 Å². The summed E-state index contributed by atoms with van der Waals surface area (Å²) in [6.07, 6.45) is -0.0155. The van der Waals surface area contributed by atoms with Crippen LogP contribution < -0.4 is 11.0 Å². The van der Waals surface area contributed by atoms with Gasteiger partial charge in [0.15, 0.2) is 6.61 Å². The molecule has 0 radical (unpaired) electrons. The number of halogens is 1. The van der Waals surface area contributed by atoms with Gasteiger partial charge in [-0.05, 0) is 30.3 Å². The van der Waals surface area contributed by atoms with Crippen LogP contribution in [-0.2, 0) is 27.9 Å². The highest BCUT2D eigenvalue weighted by Gasteiger charge is 2.13. The molecule has 3 rings (SSSR count). The minimum absolute atomic E-state index is 0.0155. The van der Waals surface area contributed by atoms with E-state index in [0.29, 0.717) is 10.7 Å². The first-order chi connectivity index (χ1) is 13.0. The summed E-state index contributed by atoms with van der Waals surface area (Å²) in [5, 5.41) is 3.08. The second-order valence-corrected chi connectivity index (χ2v) is 6.39. The van der Waals surface area contributed by atoms with Crippen molar-refractivity contribution in [3.05, 3.63) is 64.0 Å². The topological polar surface area (TPSA) is 82.3 Å². The fourth-order valence-electron chi connectivity index (χ4n) is 2.76. The van der Waals surface area contributed by atoms with Crippen molar-refractivity contribution in [2.24, 2.45) is 7.05 Å². The number of anilines is 1. The number of hydrogen-bond acceptors (Lipinski definition) is 4. The van der Waals surface area contributed by atoms with Crippen molar-refractivity contribution in [3.8, 4) is 0 Å². The number of amides is 1. The molecule has 140 valence electrons. The molecule has 0 aliphatic heterocycles. The molecule has 0 saturated heterocycles. The summed E-state index contributed by atoms with van der Waals surface area (Å²) in [5.74, 6) is -1.02. The minimum atomic E-state index is -0.559. The van der Waals surface area contributed by atoms with Crippen LogP contribution in [0.3, 0.4) is 0 Å². The van der Waals surface area contributed by atoms with E-state index in [9.17, 15) is 14.4 Å². The third kappa shape index (κ3) is 4.38. The molecule has 1 N–H and O–H groups in total. The van der Waals surface area contributed by atoms with Gasteiger partial charge in [-0.2, -0.15) is 0 Å². The van der Waals surface area contributed by atoms with E-state index in [0.717, 1.165) is 11.0 Å². The number of benzene rings is 2. The molecule has 0 aliphatic carbocycles. The molecule has 1 aromatic heterocycles. The van der Waals surface area contributed by atoms with Crippen molar-refractivity contribution in [2.75, 3.05) is 11.9 Å². The third-order valence-corrected chi connectivity index (χ3v) is 4.30. The first kappa shape index (κ1) is 18.7. The second kappa shape index (κ2) is 8.09. The van der Waals surface area contributed by atoms with Gasteiger partial charge in [-0.3, -0.25) is 18.7 Å². The molecule has 0 bridgehead atoms. The molecule has 0 aliphatic rings. The van der Waals surface area contributed by atoms with Crippen LogP contribution in [0.15, 0.2) is 53.3 Å². The number of fused-ring (bicyclic) bond motifs is 1. The highest BCUT2D eigenvalue weighted by atomic mass is 35.5. The molecule has 2 aromatic carbocycles. The van der Waals surface area contributed by atoms with Crippen molar-refractivity contribution in [3.63, 3.8) is 0 Å². The molecule has 0 unspecified atom stereocenters. The molecule has 0 fully saturated rings. The van der Waals surface area contributed by atoms with Crippen LogP contribution in [0.1, 0.15) is 6.42 Å². The molecule has 0 spiro atoms. The number of nitrogens with one attached hydrogen (secondary N) is 1. The van der Waals surface area contributed by atoms with Crippen molar-refractivity contribution in [2.45, 2.75) is 13.0 Å². The summed E-state index contributed by atoms with van der Waals surface area (Å²) < 4.78 is 8.02. The number of carbonyl (C=O) groups excluding carboxylic acids is 2. The lowest BCUT2D eigenvalue weighted by Gasteiger charge is -2.07. The lowest BCUT2D eigenvalue weighted by atomic mass is 10.3. The fourth-order valence-corrected chi connectivity index (χ4v) is 2.95. The minimum Gasteiger partial charge on any atom is -0.456 e. The van der Waals surface area contributed by atoms with Crippen LogP contribution in [0, 0.1) is 0 Å². The molecule has 27 heavy (non-hydrogen) atoms. The first-order valence-electron chi connectivity index (χ1n) is 8.31. The van der Waals surface area contributed by atoms with Crippen LogP contribution >= 0.6 is 11.6 Å². The molecular weight excluding hydrogens is 370 g/mol. The zero-order valence-corrected chi connectivity index (χ0v) is 15.4. The molecule has 1 amide bonds. The summed E-state index contributed by atoms with van der Waals surface area (Å²) in [4.78, 5) is 36.1. The number of rotatable bonds is 6. The third-order valence-electron chi connectivity index (χ3n) is 4.06. The Balaban J connectivity index is 1.54. The van der Waals surface area contributed by atoms with Gasteiger partial charge >= 0.3 is 11.7 Å². The molecule has 1 heterocycles. The Kier molecular flexibility index (Phi) is 5.61. The number of nitrogens with zero attached hydrogens (tertiary/aromatic N) is 2. The average Bonchev–Trinajstić information content (AvgIpc) is 2.89. The van der Waals surface area contributed by atoms with Gasteiger partial charge in [0.05, 0.1) is 17.5 Å². The van der Waals surface area contributed by atoms with Gasteiger partial charge < -0.3 is 10.1 Å². The van der Waals surface area contributed by atoms with Gasteiger partial charge in [-0.1, -0.05) is 29.8 Å². The lowest BCUT2D eigenvalue weighted by Crippen LogP contribution is -2.25. The maximum Gasteiger partial charge on any atom is 0.328 e. The molecule has 8 heteroatoms. The highest BCUT2D eigenvalue weighted by Crippen LogP contribution is 2.15. The maximum atomic E-state index is 12.3. The van der Waals surface area contributed by atoms with Gasteiger partial charge in [0.25, 0.3) is 5.91 Å². The smallest absolute Gasteiger partial charge is 0.328 e. The molecule has 0 saturated carbocycles. The van der Waals surface area contributed by atoms with Gasteiger partial charge in [0, 0.05) is 24.3 Å². The van der Waals surface area contributed by atoms with E-state index in [4.69, 9.17) is 16.3 Å². The Morgan fingerprint density at radius 1 is 1.11 bits per heavy atom. The van der Waals surface area contributed by atoms with Crippen molar-refractivity contribution < 1.29 is 14.3 Å². The Bertz CT molecular complexity index is 1050. The van der Waals surface area contributed by atoms with Gasteiger partial charge in [-0.15, -0.1) is 0 Å². The number of aryl methyl sites for hydroxylation is 2. The zero-order chi connectivity index (χ0) is 19.4. The number of aromatic nitrogens is 2. The van der Waals surface area contributed by atoms with Crippen molar-refractivity contribution in [1.82, 2.24) is 9.13 Å². The summed E-state index contributed by atoms with van der Waals surface area (Å²) >= 11 is 5.84. The van der Waals surface area contributed by atoms with Gasteiger partial charge in [-0.25, -0.2) is 4.79 Å². The zero-order valence-electron chi connectivity index (χ0n) is 14.6. The summed E-state index contributed by atoms with van der Waals surface area (Å²) in [6.45, 7) is -0.231. The van der Waals surface area contributed by atoms with Crippen LogP contribution in [0.2, 0.25) is 5.02 Å². The number of imidazole rings is 1. The van der Waals surface area contributed by atoms with Gasteiger partial charge in [0.2, 0.25) is 0 Å². The summed E-state index contributed by atoms with van der Waals surface area (Å²) in [7, 11) is 1.68. The summed E-state index contributed by atoms with van der Waals surface area (Å²) in [5.41, 5.74) is 1.85. The average molecular weight is 388 g/mol. The normalized spacial score (nSPS) is 10.7. The predicted octanol–water partition coefficient (Wildman–Crippen LogP) is 2.57. The SMILES string of the molecule is Cn1c(=O)n(CCC(=O)OCC(=O)Nc2cccc(Cl)c2)c2ccccc21. The van der Waals surface area contributed by atoms with E-state index in [1.54, 1.807) is 31.3 Å². The Morgan fingerprint density at radius 3 is 2.59 bits per heavy atom. The Hall–Kier alpha value is -3.06. The largest absolute Gasteiger partial charge is 0.456 e. The Morgan fingerprint density at radius 2 is 1.85 bits per heavy atom. The van der Waals surface area contributed by atoms with Crippen LogP contribution in [-0.4, -0.2) is 27.6 Å². The fraction of sp³-hybridized carbons (Fsp3) is 0.211. The lowest BCUT2D eigenvalue weighted by molar-refractivity contribution is -0.147. The molecule has 7 nitrogen and oxygen atoms in total. The molecule has 3 aromatic rings. The predicted molar refractivity (Wildman–Crippen MR) is 103 cm³/mol. The second-order valence-electron chi connectivity index (χ2n) is 5.95. The summed E-state index contributed by atoms with van der Waals surface area (Å²) in [6, 6.07) is 14.0. The maximum absolute atomic E-state index is 12.3. The van der Waals surface area contributed by atoms with E-state index in [2.05, 4.69) is 5.32 Å². The quantitative estimate of drug-likeness (QED) is 0.659. The van der Waals surface area contributed by atoms with Crippen LogP contribution in [0.25, 0.3) is 11.0 Å². The van der Waals surface area contributed by atoms with E-state index in [-0.39, 0.29) is 18.7 Å². The molecule has 0 atom stereocenters. The van der Waals surface area contributed by atoms with E-state index >= 15 is 0 Å². The number of ether oxygens (including phenoxy) is 1. The number of esters is 1. The van der Waals surface area contributed by atoms with Gasteiger partial charge in [0.1, 0.15) is 0 Å². The van der Waals surface area contributed by atoms with Crippen molar-refractivity contribution in [1.29, 1.82) is 0 Å². The van der Waals surface area contributed by atoms with Crippen LogP contribution in [0.4, 0.5) is 5.69 Å². The van der Waals surface area contributed by atoms with E-state index in [1.165, 1.54) is 9.13 Å². The monoisotopic (exact) mass is 387 g/mol. The highest BCUT2D eigenvalue weighted by molar-refractivity contribution is 6.30. The van der Waals surface area contributed by atoms with E-state index < -0.39 is 18.5 Å². The number of hydrogen-bond donors (Lipinski definition) is 1. The van der Waals surface area contributed by atoms with E-state index in [1.807, 2.05) is 24.3 Å². The standard InChI is InChI=1S/C19H18ClN3O4/c1-22-15-7-2-3-8-16(15)23(19(22)26)10-9-18(25)27-12-17(24)21-14-6-4-5-13(20)11-14/h2-8,11H,9-10,12H2,1H3,(H,21,24). The molecular formula is C19H18ClN3O4. The first-order valence-corrected chi connectivity index (χ1v) is 8.69. The number of para-hydroxylation sites is 2. The van der Waals surface area contributed by atoms with Crippen LogP contribution in [0.5, 0.6) is 0 Å².